The predicted octanol–water partition coefficient (Wildman–Crippen LogP) is 6.00. The third-order valence-corrected chi connectivity index (χ3v) is 4.98. The van der Waals surface area contributed by atoms with Gasteiger partial charge in [0.15, 0.2) is 0 Å². The zero-order valence-corrected chi connectivity index (χ0v) is 18.5. The summed E-state index contributed by atoms with van der Waals surface area (Å²) in [5, 5.41) is 0. The SMILES string of the molecule is C=CCc1cc2c(c(CC=C)c1Oc1cccnc1)CCC(=O)N2CC=C(C)C.Cl. The van der Waals surface area contributed by atoms with E-state index in [2.05, 4.69) is 30.3 Å². The van der Waals surface area contributed by atoms with Crippen molar-refractivity contribution in [2.45, 2.75) is 39.5 Å². The van der Waals surface area contributed by atoms with Crippen molar-refractivity contribution in [3.8, 4) is 11.5 Å². The minimum Gasteiger partial charge on any atom is -0.455 e. The molecule has 3 rings (SSSR count). The lowest BCUT2D eigenvalue weighted by atomic mass is 9.90. The van der Waals surface area contributed by atoms with Crippen molar-refractivity contribution >= 4 is 24.0 Å². The van der Waals surface area contributed by atoms with Crippen molar-refractivity contribution in [2.75, 3.05) is 11.4 Å². The number of pyridine rings is 1. The highest BCUT2D eigenvalue weighted by atomic mass is 35.5. The zero-order chi connectivity index (χ0) is 20.8. The summed E-state index contributed by atoms with van der Waals surface area (Å²) in [6.07, 6.45) is 11.8. The molecule has 1 aromatic carbocycles. The van der Waals surface area contributed by atoms with Gasteiger partial charge in [0, 0.05) is 36.0 Å². The lowest BCUT2D eigenvalue weighted by Gasteiger charge is -2.32. The van der Waals surface area contributed by atoms with Crippen LogP contribution < -0.4 is 9.64 Å². The van der Waals surface area contributed by atoms with Crippen LogP contribution in [-0.4, -0.2) is 17.4 Å². The molecule has 0 unspecified atom stereocenters. The summed E-state index contributed by atoms with van der Waals surface area (Å²) in [5.74, 6) is 1.68. The molecule has 0 N–H and O–H groups in total. The Morgan fingerprint density at radius 3 is 2.63 bits per heavy atom. The lowest BCUT2D eigenvalue weighted by molar-refractivity contribution is -0.118. The van der Waals surface area contributed by atoms with Crippen LogP contribution in [0.5, 0.6) is 11.5 Å². The summed E-state index contributed by atoms with van der Waals surface area (Å²) in [6, 6.07) is 5.84. The number of hydrogen-bond donors (Lipinski definition) is 0. The van der Waals surface area contributed by atoms with E-state index < -0.39 is 0 Å². The minimum absolute atomic E-state index is 0. The van der Waals surface area contributed by atoms with Crippen LogP contribution in [0.3, 0.4) is 0 Å². The number of halogens is 1. The van der Waals surface area contributed by atoms with Crippen molar-refractivity contribution < 1.29 is 9.53 Å². The lowest BCUT2D eigenvalue weighted by Crippen LogP contribution is -2.36. The van der Waals surface area contributed by atoms with Crippen LogP contribution in [0.1, 0.15) is 37.0 Å². The van der Waals surface area contributed by atoms with E-state index in [1.807, 2.05) is 43.0 Å². The van der Waals surface area contributed by atoms with Crippen molar-refractivity contribution in [1.82, 2.24) is 4.98 Å². The topological polar surface area (TPSA) is 42.4 Å². The van der Waals surface area contributed by atoms with Gasteiger partial charge in [0.2, 0.25) is 5.91 Å². The molecule has 0 saturated heterocycles. The number of amides is 1. The zero-order valence-electron chi connectivity index (χ0n) is 17.7. The van der Waals surface area contributed by atoms with Crippen LogP contribution in [0.25, 0.3) is 0 Å². The van der Waals surface area contributed by atoms with Crippen LogP contribution in [0.2, 0.25) is 0 Å². The fourth-order valence-electron chi connectivity index (χ4n) is 3.62. The highest BCUT2D eigenvalue weighted by Gasteiger charge is 2.28. The highest BCUT2D eigenvalue weighted by molar-refractivity contribution is 5.97. The number of rotatable bonds is 8. The quantitative estimate of drug-likeness (QED) is 0.488. The van der Waals surface area contributed by atoms with Gasteiger partial charge >= 0.3 is 0 Å². The van der Waals surface area contributed by atoms with Crippen LogP contribution in [0.4, 0.5) is 5.69 Å². The second-order valence-corrected chi connectivity index (χ2v) is 7.40. The number of carbonyl (C=O) groups is 1. The molecule has 0 fully saturated rings. The number of allylic oxidation sites excluding steroid dienone is 3. The Kier molecular flexibility index (Phi) is 8.43. The third-order valence-electron chi connectivity index (χ3n) is 4.98. The average Bonchev–Trinajstić information content (AvgIpc) is 2.70. The molecule has 0 saturated carbocycles. The normalized spacial score (nSPS) is 12.5. The summed E-state index contributed by atoms with van der Waals surface area (Å²) in [4.78, 5) is 18.7. The van der Waals surface area contributed by atoms with Gasteiger partial charge in [-0.3, -0.25) is 9.78 Å². The van der Waals surface area contributed by atoms with E-state index in [0.717, 1.165) is 22.6 Å². The van der Waals surface area contributed by atoms with Crippen LogP contribution in [0.15, 0.2) is 67.6 Å². The Hall–Kier alpha value is -2.85. The molecule has 0 radical (unpaired) electrons. The number of fused-ring (bicyclic) bond motifs is 1. The summed E-state index contributed by atoms with van der Waals surface area (Å²) < 4.78 is 6.30. The Bertz CT molecular complexity index is 947. The van der Waals surface area contributed by atoms with Gasteiger partial charge in [0.05, 0.1) is 6.20 Å². The first kappa shape index (κ1) is 23.4. The summed E-state index contributed by atoms with van der Waals surface area (Å²) in [5.41, 5.74) is 5.44. The third kappa shape index (κ3) is 5.19. The summed E-state index contributed by atoms with van der Waals surface area (Å²) in [7, 11) is 0. The Morgan fingerprint density at radius 2 is 2.00 bits per heavy atom. The van der Waals surface area contributed by atoms with Crippen molar-refractivity contribution in [1.29, 1.82) is 0 Å². The molecule has 2 heterocycles. The van der Waals surface area contributed by atoms with Gasteiger partial charge < -0.3 is 9.64 Å². The summed E-state index contributed by atoms with van der Waals surface area (Å²) in [6.45, 7) is 12.5. The van der Waals surface area contributed by atoms with Crippen LogP contribution in [-0.2, 0) is 24.1 Å². The number of carbonyl (C=O) groups excluding carboxylic acids is 1. The molecule has 0 bridgehead atoms. The maximum Gasteiger partial charge on any atom is 0.227 e. The predicted molar refractivity (Wildman–Crippen MR) is 126 cm³/mol. The van der Waals surface area contributed by atoms with E-state index in [1.54, 1.807) is 12.4 Å². The maximum atomic E-state index is 12.7. The fraction of sp³-hybridized carbons (Fsp3) is 0.280. The van der Waals surface area contributed by atoms with Gasteiger partial charge in [-0.05, 0) is 56.9 Å². The van der Waals surface area contributed by atoms with Gasteiger partial charge in [-0.25, -0.2) is 0 Å². The molecule has 30 heavy (non-hydrogen) atoms. The molecule has 1 aliphatic heterocycles. The van der Waals surface area contributed by atoms with E-state index in [-0.39, 0.29) is 18.3 Å². The first-order valence-corrected chi connectivity index (χ1v) is 9.96. The molecular formula is C25H29ClN2O2. The van der Waals surface area contributed by atoms with E-state index in [4.69, 9.17) is 4.74 Å². The van der Waals surface area contributed by atoms with Gasteiger partial charge in [-0.1, -0.05) is 23.8 Å². The monoisotopic (exact) mass is 424 g/mol. The van der Waals surface area contributed by atoms with Crippen molar-refractivity contribution in [3.63, 3.8) is 0 Å². The standard InChI is InChI=1S/C25H28N2O2.ClH/c1-5-8-19-16-23-21(11-12-24(28)27(23)15-13-18(3)4)22(9-6-2)25(19)29-20-10-7-14-26-17-20;/h5-7,10,13-14,16-17H,1-2,8-9,11-12,15H2,3-4H3;1H. The number of ether oxygens (including phenoxy) is 1. The van der Waals surface area contributed by atoms with E-state index in [9.17, 15) is 4.79 Å². The molecule has 0 aliphatic carbocycles. The second kappa shape index (κ2) is 10.8. The average molecular weight is 425 g/mol. The number of aromatic nitrogens is 1. The van der Waals surface area contributed by atoms with E-state index >= 15 is 0 Å². The van der Waals surface area contributed by atoms with Crippen molar-refractivity contribution in [3.05, 3.63) is 84.2 Å². The molecule has 2 aromatic rings. The maximum absolute atomic E-state index is 12.7. The molecular weight excluding hydrogens is 396 g/mol. The molecule has 0 atom stereocenters. The largest absolute Gasteiger partial charge is 0.455 e. The molecule has 158 valence electrons. The molecule has 4 nitrogen and oxygen atoms in total. The summed E-state index contributed by atoms with van der Waals surface area (Å²) >= 11 is 0. The van der Waals surface area contributed by atoms with Crippen LogP contribution in [0, 0.1) is 0 Å². The van der Waals surface area contributed by atoms with Gasteiger partial charge in [-0.2, -0.15) is 0 Å². The molecule has 5 heteroatoms. The Balaban J connectivity index is 0.00000320. The Labute approximate surface area is 185 Å². The highest BCUT2D eigenvalue weighted by Crippen LogP contribution is 2.41. The van der Waals surface area contributed by atoms with Gasteiger partial charge in [0.1, 0.15) is 11.5 Å². The smallest absolute Gasteiger partial charge is 0.227 e. The molecule has 1 aliphatic rings. The first-order valence-electron chi connectivity index (χ1n) is 9.96. The fourth-order valence-corrected chi connectivity index (χ4v) is 3.62. The van der Waals surface area contributed by atoms with Crippen molar-refractivity contribution in [2.24, 2.45) is 0 Å². The minimum atomic E-state index is 0. The van der Waals surface area contributed by atoms with Gasteiger partial charge in [-0.15, -0.1) is 25.6 Å². The number of anilines is 1. The van der Waals surface area contributed by atoms with Gasteiger partial charge in [0.25, 0.3) is 0 Å². The van der Waals surface area contributed by atoms with E-state index in [1.165, 1.54) is 11.1 Å². The second-order valence-electron chi connectivity index (χ2n) is 7.40. The molecule has 1 aromatic heterocycles. The number of hydrogen-bond acceptors (Lipinski definition) is 3. The van der Waals surface area contributed by atoms with Crippen LogP contribution >= 0.6 is 12.4 Å². The number of nitrogens with zero attached hydrogens (tertiary/aromatic N) is 2. The Morgan fingerprint density at radius 1 is 1.23 bits per heavy atom. The number of benzene rings is 1. The molecule has 1 amide bonds. The molecule has 0 spiro atoms. The first-order chi connectivity index (χ1) is 14.0. The van der Waals surface area contributed by atoms with E-state index in [0.29, 0.717) is 38.0 Å².